The molecule has 0 atom stereocenters. The van der Waals surface area contributed by atoms with Gasteiger partial charge in [0, 0.05) is 35.4 Å². The Balaban J connectivity index is 1.52. The summed E-state index contributed by atoms with van der Waals surface area (Å²) in [7, 11) is -3.63. The Bertz CT molecular complexity index is 1420. The highest BCUT2D eigenvalue weighted by Gasteiger charge is 2.25. The summed E-state index contributed by atoms with van der Waals surface area (Å²) in [5.74, 6) is -0.187. The number of anilines is 1. The van der Waals surface area contributed by atoms with Gasteiger partial charge in [0.05, 0.1) is 10.6 Å². The van der Waals surface area contributed by atoms with E-state index in [-0.39, 0.29) is 12.3 Å². The molecule has 7 heteroatoms. The average molecular weight is 476 g/mol. The lowest BCUT2D eigenvalue weighted by Crippen LogP contribution is -2.33. The number of fused-ring (bicyclic) bond motifs is 1. The fraction of sp³-hybridized carbons (Fsp3) is 0.222. The van der Waals surface area contributed by atoms with E-state index >= 15 is 0 Å². The molecule has 0 radical (unpaired) electrons. The number of amides is 2. The van der Waals surface area contributed by atoms with Crippen LogP contribution in [-0.4, -0.2) is 31.3 Å². The van der Waals surface area contributed by atoms with Gasteiger partial charge in [-0.05, 0) is 55.7 Å². The van der Waals surface area contributed by atoms with Crippen molar-refractivity contribution in [3.8, 4) is 0 Å². The van der Waals surface area contributed by atoms with E-state index in [2.05, 4.69) is 10.6 Å². The van der Waals surface area contributed by atoms with Gasteiger partial charge in [-0.1, -0.05) is 54.6 Å². The van der Waals surface area contributed by atoms with Crippen molar-refractivity contribution in [2.45, 2.75) is 32.2 Å². The second-order valence-electron chi connectivity index (χ2n) is 8.58. The lowest BCUT2D eigenvalue weighted by atomic mass is 10.1. The Kier molecular flexibility index (Phi) is 6.75. The van der Waals surface area contributed by atoms with Crippen molar-refractivity contribution in [2.24, 2.45) is 0 Å². The van der Waals surface area contributed by atoms with E-state index in [9.17, 15) is 13.2 Å². The number of hydrogen-bond donors (Lipinski definition) is 2. The molecule has 4 rings (SSSR count). The van der Waals surface area contributed by atoms with E-state index in [0.717, 1.165) is 22.2 Å². The third-order valence-corrected chi connectivity index (χ3v) is 7.68. The lowest BCUT2D eigenvalue weighted by Gasteiger charge is -2.11. The number of nitrogens with one attached hydrogen (secondary N) is 2. The van der Waals surface area contributed by atoms with Crippen molar-refractivity contribution in [2.75, 3.05) is 17.6 Å². The van der Waals surface area contributed by atoms with Crippen LogP contribution in [0.15, 0.2) is 77.7 Å². The smallest absolute Gasteiger partial charge is 0.319 e. The highest BCUT2D eigenvalue weighted by molar-refractivity contribution is 7.91. The van der Waals surface area contributed by atoms with Crippen LogP contribution in [-0.2, 0) is 16.4 Å². The van der Waals surface area contributed by atoms with Crippen molar-refractivity contribution >= 4 is 32.5 Å². The number of nitrogens with zero attached hydrogens (tertiary/aromatic N) is 1. The van der Waals surface area contributed by atoms with Gasteiger partial charge in [-0.2, -0.15) is 0 Å². The molecule has 0 bridgehead atoms. The average Bonchev–Trinajstić information content (AvgIpc) is 3.05. The zero-order valence-corrected chi connectivity index (χ0v) is 20.4. The largest absolute Gasteiger partial charge is 0.339 e. The Labute approximate surface area is 200 Å². The van der Waals surface area contributed by atoms with Crippen molar-refractivity contribution < 1.29 is 13.2 Å². The van der Waals surface area contributed by atoms with Crippen LogP contribution in [0.5, 0.6) is 0 Å². The Morgan fingerprint density at radius 3 is 2.24 bits per heavy atom. The molecule has 0 aliphatic carbocycles. The normalized spacial score (nSPS) is 11.5. The Hall–Kier alpha value is -3.58. The van der Waals surface area contributed by atoms with E-state index in [1.807, 2.05) is 98.1 Å². The number of aromatic nitrogens is 1. The van der Waals surface area contributed by atoms with Gasteiger partial charge in [-0.3, -0.25) is 0 Å². The molecule has 3 aromatic carbocycles. The first kappa shape index (κ1) is 23.6. The van der Waals surface area contributed by atoms with Gasteiger partial charge in [0.2, 0.25) is 0 Å². The van der Waals surface area contributed by atoms with Gasteiger partial charge in [-0.15, -0.1) is 0 Å². The first-order chi connectivity index (χ1) is 16.2. The van der Waals surface area contributed by atoms with Crippen molar-refractivity contribution in [1.29, 1.82) is 0 Å². The molecule has 34 heavy (non-hydrogen) atoms. The van der Waals surface area contributed by atoms with Crippen LogP contribution >= 0.6 is 0 Å². The predicted molar refractivity (Wildman–Crippen MR) is 137 cm³/mol. The molecular formula is C27H29N3O3S. The third-order valence-electron chi connectivity index (χ3n) is 5.80. The highest BCUT2D eigenvalue weighted by atomic mass is 32.2. The second kappa shape index (κ2) is 9.73. The maximum atomic E-state index is 13.4. The number of aryl methyl sites for hydroxylation is 2. The van der Waals surface area contributed by atoms with Gasteiger partial charge in [0.25, 0.3) is 0 Å². The number of carbonyl (C=O) groups excluding carboxylic acids is 1. The van der Waals surface area contributed by atoms with E-state index in [1.54, 1.807) is 0 Å². The lowest BCUT2D eigenvalue weighted by molar-refractivity contribution is 0.252. The van der Waals surface area contributed by atoms with Gasteiger partial charge in [0.1, 0.15) is 0 Å². The Morgan fingerprint density at radius 1 is 0.882 bits per heavy atom. The number of hydrogen-bond acceptors (Lipinski definition) is 3. The first-order valence-electron chi connectivity index (χ1n) is 11.2. The number of benzene rings is 3. The summed E-state index contributed by atoms with van der Waals surface area (Å²) in [5, 5.41) is 6.15. The molecule has 0 saturated carbocycles. The van der Waals surface area contributed by atoms with Crippen molar-refractivity contribution in [3.05, 3.63) is 95.2 Å². The summed E-state index contributed by atoms with van der Waals surface area (Å²) >= 11 is 0. The van der Waals surface area contributed by atoms with E-state index in [4.69, 9.17) is 0 Å². The van der Waals surface area contributed by atoms with Crippen LogP contribution in [0.1, 0.15) is 22.4 Å². The SMILES string of the molecule is Cc1cc(C)cc(NC(=O)NCCS(=O)(=O)c2c(C)n(Cc3ccccc3)c3ccccc23)c1. The van der Waals surface area contributed by atoms with Crippen molar-refractivity contribution in [3.63, 3.8) is 0 Å². The second-order valence-corrected chi connectivity index (χ2v) is 10.6. The van der Waals surface area contributed by atoms with Crippen LogP contribution in [0, 0.1) is 20.8 Å². The maximum Gasteiger partial charge on any atom is 0.319 e. The minimum absolute atomic E-state index is 0.0105. The molecule has 0 spiro atoms. The van der Waals surface area contributed by atoms with Crippen LogP contribution in [0.25, 0.3) is 10.9 Å². The summed E-state index contributed by atoms with van der Waals surface area (Å²) in [4.78, 5) is 12.7. The number of carbonyl (C=O) groups is 1. The molecule has 0 unspecified atom stereocenters. The molecule has 0 aliphatic rings. The molecule has 4 aromatic rings. The number of para-hydroxylation sites is 1. The van der Waals surface area contributed by atoms with Crippen LogP contribution in [0.2, 0.25) is 0 Å². The molecule has 2 amide bonds. The van der Waals surface area contributed by atoms with Crippen LogP contribution < -0.4 is 10.6 Å². The summed E-state index contributed by atoms with van der Waals surface area (Å²) in [6.07, 6.45) is 0. The molecule has 6 nitrogen and oxygen atoms in total. The molecule has 0 aliphatic heterocycles. The standard InChI is InChI=1S/C27H29N3O3S/c1-19-15-20(2)17-23(16-19)29-27(31)28-13-14-34(32,33)26-21(3)30(18-22-9-5-4-6-10-22)25-12-8-7-11-24(25)26/h4-12,15-17H,13-14,18H2,1-3H3,(H2,28,29,31). The number of sulfone groups is 1. The van der Waals surface area contributed by atoms with E-state index < -0.39 is 15.9 Å². The minimum Gasteiger partial charge on any atom is -0.339 e. The third kappa shape index (κ3) is 5.15. The Morgan fingerprint density at radius 2 is 1.53 bits per heavy atom. The molecule has 0 saturated heterocycles. The van der Waals surface area contributed by atoms with E-state index in [0.29, 0.717) is 28.2 Å². The molecule has 0 fully saturated rings. The monoisotopic (exact) mass is 475 g/mol. The summed E-state index contributed by atoms with van der Waals surface area (Å²) in [5.41, 5.74) is 5.44. The quantitative estimate of drug-likeness (QED) is 0.385. The van der Waals surface area contributed by atoms with Crippen LogP contribution in [0.4, 0.5) is 10.5 Å². The highest BCUT2D eigenvalue weighted by Crippen LogP contribution is 2.31. The molecule has 176 valence electrons. The topological polar surface area (TPSA) is 80.2 Å². The fourth-order valence-corrected chi connectivity index (χ4v) is 6.03. The van der Waals surface area contributed by atoms with Gasteiger partial charge < -0.3 is 15.2 Å². The molecule has 1 heterocycles. The summed E-state index contributed by atoms with van der Waals surface area (Å²) in [6.45, 7) is 6.35. The van der Waals surface area contributed by atoms with Gasteiger partial charge in [-0.25, -0.2) is 13.2 Å². The maximum absolute atomic E-state index is 13.4. The van der Waals surface area contributed by atoms with Crippen molar-refractivity contribution in [1.82, 2.24) is 9.88 Å². The van der Waals surface area contributed by atoms with Gasteiger partial charge >= 0.3 is 6.03 Å². The zero-order chi connectivity index (χ0) is 24.3. The fourth-order valence-electron chi connectivity index (χ4n) is 4.38. The minimum atomic E-state index is -3.63. The van der Waals surface area contributed by atoms with E-state index in [1.165, 1.54) is 0 Å². The molecule has 2 N–H and O–H groups in total. The molecule has 1 aromatic heterocycles. The molecular weight excluding hydrogens is 446 g/mol. The van der Waals surface area contributed by atoms with Gasteiger partial charge in [0.15, 0.2) is 9.84 Å². The number of rotatable bonds is 7. The number of urea groups is 1. The predicted octanol–water partition coefficient (Wildman–Crippen LogP) is 5.21. The summed E-state index contributed by atoms with van der Waals surface area (Å²) < 4.78 is 28.8. The summed E-state index contributed by atoms with van der Waals surface area (Å²) in [6, 6.07) is 22.9. The van der Waals surface area contributed by atoms with Crippen LogP contribution in [0.3, 0.4) is 0 Å². The first-order valence-corrected chi connectivity index (χ1v) is 12.9. The zero-order valence-electron chi connectivity index (χ0n) is 19.6.